The summed E-state index contributed by atoms with van der Waals surface area (Å²) in [7, 11) is 0. The second-order valence-corrected chi connectivity index (χ2v) is 5.12. The zero-order valence-electron chi connectivity index (χ0n) is 11.4. The molecule has 0 unspecified atom stereocenters. The maximum Gasteiger partial charge on any atom is 0.122 e. The van der Waals surface area contributed by atoms with E-state index in [1.54, 1.807) is 0 Å². The number of para-hydroxylation sites is 1. The maximum atomic E-state index is 9.90. The van der Waals surface area contributed by atoms with E-state index in [2.05, 4.69) is 17.1 Å². The minimum Gasteiger partial charge on any atom is -0.507 e. The molecule has 0 amide bonds. The predicted molar refractivity (Wildman–Crippen MR) is 74.8 cm³/mol. The summed E-state index contributed by atoms with van der Waals surface area (Å²) in [4.78, 5) is 2.53. The van der Waals surface area contributed by atoms with Crippen LogP contribution in [0.5, 0.6) is 5.75 Å². The van der Waals surface area contributed by atoms with Crippen LogP contribution in [0.3, 0.4) is 0 Å². The molecule has 0 radical (unpaired) electrons. The van der Waals surface area contributed by atoms with Gasteiger partial charge in [-0.05, 0) is 31.9 Å². The molecule has 1 aliphatic carbocycles. The molecule has 0 saturated heterocycles. The van der Waals surface area contributed by atoms with Crippen LogP contribution < -0.4 is 5.32 Å². The lowest BCUT2D eigenvalue weighted by Crippen LogP contribution is -2.33. The van der Waals surface area contributed by atoms with Crippen LogP contribution in [0.15, 0.2) is 18.2 Å². The van der Waals surface area contributed by atoms with Gasteiger partial charge in [0.15, 0.2) is 0 Å². The average molecular weight is 248 g/mol. The van der Waals surface area contributed by atoms with Crippen molar-refractivity contribution < 1.29 is 5.11 Å². The Kier molecular flexibility index (Phi) is 4.61. The third kappa shape index (κ3) is 3.47. The number of phenolic OH excluding ortho intramolecular Hbond substituents is 1. The number of phenols is 1. The van der Waals surface area contributed by atoms with Gasteiger partial charge < -0.3 is 10.4 Å². The molecule has 3 nitrogen and oxygen atoms in total. The van der Waals surface area contributed by atoms with E-state index in [0.717, 1.165) is 43.3 Å². The molecule has 18 heavy (non-hydrogen) atoms. The standard InChI is InChI=1S/C15H24N2O/c1-3-17(14-7-8-14)10-9-16-11-13-6-4-5-12(2)15(13)18/h4-6,14,16,18H,3,7-11H2,1-2H3. The summed E-state index contributed by atoms with van der Waals surface area (Å²) in [6.07, 6.45) is 2.74. The molecule has 1 aliphatic rings. The van der Waals surface area contributed by atoms with Crippen molar-refractivity contribution in [2.45, 2.75) is 39.3 Å². The highest BCUT2D eigenvalue weighted by molar-refractivity contribution is 5.39. The minimum atomic E-state index is 0.430. The third-order valence-electron chi connectivity index (χ3n) is 3.68. The second kappa shape index (κ2) is 6.21. The second-order valence-electron chi connectivity index (χ2n) is 5.12. The van der Waals surface area contributed by atoms with E-state index in [-0.39, 0.29) is 0 Å². The van der Waals surface area contributed by atoms with Gasteiger partial charge in [-0.1, -0.05) is 25.1 Å². The fourth-order valence-electron chi connectivity index (χ4n) is 2.35. The van der Waals surface area contributed by atoms with Crippen LogP contribution in [-0.4, -0.2) is 35.7 Å². The van der Waals surface area contributed by atoms with E-state index >= 15 is 0 Å². The molecule has 1 aromatic rings. The van der Waals surface area contributed by atoms with Crippen LogP contribution in [0.25, 0.3) is 0 Å². The number of nitrogens with zero attached hydrogens (tertiary/aromatic N) is 1. The van der Waals surface area contributed by atoms with Crippen molar-refractivity contribution in [1.82, 2.24) is 10.2 Å². The summed E-state index contributed by atoms with van der Waals surface area (Å²) in [5.74, 6) is 0.430. The van der Waals surface area contributed by atoms with Crippen LogP contribution in [-0.2, 0) is 6.54 Å². The number of aromatic hydroxyl groups is 1. The molecular weight excluding hydrogens is 224 g/mol. The number of hydrogen-bond acceptors (Lipinski definition) is 3. The zero-order chi connectivity index (χ0) is 13.0. The first-order chi connectivity index (χ1) is 8.72. The van der Waals surface area contributed by atoms with Crippen molar-refractivity contribution in [2.24, 2.45) is 0 Å². The smallest absolute Gasteiger partial charge is 0.122 e. The first kappa shape index (κ1) is 13.4. The molecule has 0 aliphatic heterocycles. The van der Waals surface area contributed by atoms with Gasteiger partial charge in [0.05, 0.1) is 0 Å². The molecule has 0 spiro atoms. The Hall–Kier alpha value is -1.06. The Morgan fingerprint density at radius 2 is 2.17 bits per heavy atom. The number of aryl methyl sites for hydroxylation is 1. The maximum absolute atomic E-state index is 9.90. The van der Waals surface area contributed by atoms with E-state index in [1.807, 2.05) is 25.1 Å². The first-order valence-corrected chi connectivity index (χ1v) is 6.94. The topological polar surface area (TPSA) is 35.5 Å². The van der Waals surface area contributed by atoms with Gasteiger partial charge in [0, 0.05) is 31.2 Å². The highest BCUT2D eigenvalue weighted by atomic mass is 16.3. The molecule has 2 N–H and O–H groups in total. The third-order valence-corrected chi connectivity index (χ3v) is 3.68. The Balaban J connectivity index is 1.73. The summed E-state index contributed by atoms with van der Waals surface area (Å²) in [5, 5.41) is 13.3. The highest BCUT2D eigenvalue weighted by Crippen LogP contribution is 2.26. The largest absolute Gasteiger partial charge is 0.507 e. The zero-order valence-corrected chi connectivity index (χ0v) is 11.4. The SMILES string of the molecule is CCN(CCNCc1cccc(C)c1O)C1CC1. The van der Waals surface area contributed by atoms with Gasteiger partial charge in [0.1, 0.15) is 5.75 Å². The van der Waals surface area contributed by atoms with Crippen molar-refractivity contribution in [3.63, 3.8) is 0 Å². The lowest BCUT2D eigenvalue weighted by Gasteiger charge is -2.19. The molecule has 2 rings (SSSR count). The summed E-state index contributed by atoms with van der Waals surface area (Å²) >= 11 is 0. The first-order valence-electron chi connectivity index (χ1n) is 6.94. The summed E-state index contributed by atoms with van der Waals surface area (Å²) in [6, 6.07) is 6.75. The van der Waals surface area contributed by atoms with Crippen molar-refractivity contribution in [2.75, 3.05) is 19.6 Å². The quantitative estimate of drug-likeness (QED) is 0.727. The normalized spacial score (nSPS) is 15.3. The van der Waals surface area contributed by atoms with Gasteiger partial charge in [0.2, 0.25) is 0 Å². The van der Waals surface area contributed by atoms with Crippen molar-refractivity contribution in [1.29, 1.82) is 0 Å². The minimum absolute atomic E-state index is 0.430. The highest BCUT2D eigenvalue weighted by Gasteiger charge is 2.26. The fraction of sp³-hybridized carbons (Fsp3) is 0.600. The molecule has 0 atom stereocenters. The predicted octanol–water partition coefficient (Wildman–Crippen LogP) is 2.27. The van der Waals surface area contributed by atoms with E-state index in [4.69, 9.17) is 0 Å². The van der Waals surface area contributed by atoms with Crippen molar-refractivity contribution in [3.05, 3.63) is 29.3 Å². The number of benzene rings is 1. The van der Waals surface area contributed by atoms with Gasteiger partial charge in [0.25, 0.3) is 0 Å². The van der Waals surface area contributed by atoms with E-state index < -0.39 is 0 Å². The average Bonchev–Trinajstić information content (AvgIpc) is 3.19. The lowest BCUT2D eigenvalue weighted by atomic mass is 10.1. The molecular formula is C15H24N2O. The van der Waals surface area contributed by atoms with E-state index in [0.29, 0.717) is 5.75 Å². The fourth-order valence-corrected chi connectivity index (χ4v) is 2.35. The Morgan fingerprint density at radius 1 is 1.39 bits per heavy atom. The number of rotatable bonds is 7. The van der Waals surface area contributed by atoms with Crippen LogP contribution in [0.1, 0.15) is 30.9 Å². The number of likely N-dealkylation sites (N-methyl/N-ethyl adjacent to an activating group) is 1. The molecule has 0 aromatic heterocycles. The Morgan fingerprint density at radius 3 is 2.83 bits per heavy atom. The molecule has 1 fully saturated rings. The summed E-state index contributed by atoms with van der Waals surface area (Å²) in [6.45, 7) is 8.14. The summed E-state index contributed by atoms with van der Waals surface area (Å²) < 4.78 is 0. The van der Waals surface area contributed by atoms with E-state index in [9.17, 15) is 5.11 Å². The molecule has 3 heteroatoms. The molecule has 1 aromatic carbocycles. The molecule has 100 valence electrons. The van der Waals surface area contributed by atoms with Gasteiger partial charge in [-0.2, -0.15) is 0 Å². The number of nitrogens with one attached hydrogen (secondary N) is 1. The van der Waals surface area contributed by atoms with E-state index in [1.165, 1.54) is 12.8 Å². The van der Waals surface area contributed by atoms with Crippen LogP contribution in [0.4, 0.5) is 0 Å². The molecule has 0 bridgehead atoms. The van der Waals surface area contributed by atoms with Gasteiger partial charge in [-0.15, -0.1) is 0 Å². The molecule has 1 saturated carbocycles. The van der Waals surface area contributed by atoms with Crippen LogP contribution in [0, 0.1) is 6.92 Å². The lowest BCUT2D eigenvalue weighted by molar-refractivity contribution is 0.276. The Bertz CT molecular complexity index is 388. The van der Waals surface area contributed by atoms with Crippen molar-refractivity contribution in [3.8, 4) is 5.75 Å². The van der Waals surface area contributed by atoms with Gasteiger partial charge in [-0.25, -0.2) is 0 Å². The van der Waals surface area contributed by atoms with Gasteiger partial charge in [-0.3, -0.25) is 4.90 Å². The van der Waals surface area contributed by atoms with Crippen LogP contribution >= 0.6 is 0 Å². The molecule has 0 heterocycles. The van der Waals surface area contributed by atoms with Gasteiger partial charge >= 0.3 is 0 Å². The monoisotopic (exact) mass is 248 g/mol. The summed E-state index contributed by atoms with van der Waals surface area (Å²) in [5.41, 5.74) is 1.94. The van der Waals surface area contributed by atoms with Crippen LogP contribution in [0.2, 0.25) is 0 Å². The Labute approximate surface area is 110 Å². The van der Waals surface area contributed by atoms with Crippen molar-refractivity contribution >= 4 is 0 Å². The number of hydrogen-bond donors (Lipinski definition) is 2.